The van der Waals surface area contributed by atoms with E-state index in [1.165, 1.54) is 16.7 Å². The lowest BCUT2D eigenvalue weighted by molar-refractivity contribution is 0.00190. The second-order valence-corrected chi connectivity index (χ2v) is 7.91. The van der Waals surface area contributed by atoms with Gasteiger partial charge in [0.25, 0.3) is 0 Å². The maximum Gasteiger partial charge on any atom is 0.0897 e. The molecule has 1 nitrogen and oxygen atoms in total. The third kappa shape index (κ3) is 3.32. The quantitative estimate of drug-likeness (QED) is 0.548. The first-order valence-electron chi connectivity index (χ1n) is 7.61. The molecule has 0 bridgehead atoms. The van der Waals surface area contributed by atoms with Crippen molar-refractivity contribution in [1.29, 1.82) is 0 Å². The Morgan fingerprint density at radius 3 is 1.90 bits per heavy atom. The Hall–Kier alpha value is -0.870. The SMILES string of the molecule is Cc1ccc(-c2ccc(C3(O)CCC(I)CC3)cc2)cc1. The molecule has 0 aliphatic heterocycles. The number of hydrogen-bond acceptors (Lipinski definition) is 1. The van der Waals surface area contributed by atoms with Gasteiger partial charge in [-0.3, -0.25) is 0 Å². The molecule has 1 aliphatic rings. The molecule has 1 saturated carbocycles. The fourth-order valence-electron chi connectivity index (χ4n) is 3.07. The summed E-state index contributed by atoms with van der Waals surface area (Å²) < 4.78 is 0.717. The lowest BCUT2D eigenvalue weighted by Crippen LogP contribution is -2.31. The van der Waals surface area contributed by atoms with Crippen LogP contribution in [0.25, 0.3) is 11.1 Å². The first-order chi connectivity index (χ1) is 10.1. The van der Waals surface area contributed by atoms with E-state index in [0.717, 1.165) is 35.2 Å². The molecule has 0 spiro atoms. The normalized spacial score (nSPS) is 25.8. The van der Waals surface area contributed by atoms with Gasteiger partial charge in [0.15, 0.2) is 0 Å². The molecular weight excluding hydrogens is 371 g/mol. The van der Waals surface area contributed by atoms with Crippen LogP contribution in [-0.2, 0) is 5.60 Å². The number of aryl methyl sites for hydroxylation is 1. The van der Waals surface area contributed by atoms with Crippen molar-refractivity contribution in [3.63, 3.8) is 0 Å². The van der Waals surface area contributed by atoms with Gasteiger partial charge in [-0.1, -0.05) is 76.7 Å². The van der Waals surface area contributed by atoms with Crippen molar-refractivity contribution in [3.8, 4) is 11.1 Å². The van der Waals surface area contributed by atoms with Gasteiger partial charge in [-0.25, -0.2) is 0 Å². The van der Waals surface area contributed by atoms with Crippen molar-refractivity contribution in [2.24, 2.45) is 0 Å². The minimum atomic E-state index is -0.618. The molecule has 0 unspecified atom stereocenters. The van der Waals surface area contributed by atoms with E-state index >= 15 is 0 Å². The van der Waals surface area contributed by atoms with Gasteiger partial charge in [-0.15, -0.1) is 0 Å². The average Bonchev–Trinajstić information content (AvgIpc) is 2.51. The monoisotopic (exact) mass is 392 g/mol. The molecule has 0 radical (unpaired) electrons. The number of halogens is 1. The van der Waals surface area contributed by atoms with Crippen LogP contribution < -0.4 is 0 Å². The van der Waals surface area contributed by atoms with E-state index in [2.05, 4.69) is 78.0 Å². The average molecular weight is 392 g/mol. The largest absolute Gasteiger partial charge is 0.385 e. The van der Waals surface area contributed by atoms with Gasteiger partial charge in [0.1, 0.15) is 0 Å². The standard InChI is InChI=1S/C19H21IO/c1-14-2-4-15(5-3-14)16-6-8-17(9-7-16)19(21)12-10-18(20)11-13-19/h2-9,18,21H,10-13H2,1H3. The highest BCUT2D eigenvalue weighted by Gasteiger charge is 2.33. The topological polar surface area (TPSA) is 20.2 Å². The maximum absolute atomic E-state index is 10.9. The van der Waals surface area contributed by atoms with Crippen LogP contribution in [-0.4, -0.2) is 9.03 Å². The molecule has 0 heterocycles. The molecule has 0 aromatic heterocycles. The highest BCUT2D eigenvalue weighted by molar-refractivity contribution is 14.1. The van der Waals surface area contributed by atoms with E-state index in [9.17, 15) is 5.11 Å². The Labute approximate surface area is 140 Å². The predicted molar refractivity (Wildman–Crippen MR) is 96.8 cm³/mol. The van der Waals surface area contributed by atoms with Gasteiger partial charge in [-0.05, 0) is 49.3 Å². The summed E-state index contributed by atoms with van der Waals surface area (Å²) >= 11 is 2.50. The number of alkyl halides is 1. The summed E-state index contributed by atoms with van der Waals surface area (Å²) in [7, 11) is 0. The van der Waals surface area contributed by atoms with Crippen molar-refractivity contribution in [2.75, 3.05) is 0 Å². The van der Waals surface area contributed by atoms with Gasteiger partial charge < -0.3 is 5.11 Å². The fraction of sp³-hybridized carbons (Fsp3) is 0.368. The molecule has 2 aromatic rings. The molecule has 0 atom stereocenters. The molecule has 1 fully saturated rings. The van der Waals surface area contributed by atoms with E-state index in [1.54, 1.807) is 0 Å². The number of benzene rings is 2. The van der Waals surface area contributed by atoms with Crippen LogP contribution >= 0.6 is 22.6 Å². The Morgan fingerprint density at radius 1 is 0.905 bits per heavy atom. The van der Waals surface area contributed by atoms with E-state index in [0.29, 0.717) is 0 Å². The Kier molecular flexibility index (Phi) is 4.36. The molecule has 0 saturated heterocycles. The Balaban J connectivity index is 1.82. The van der Waals surface area contributed by atoms with Crippen LogP contribution in [0.15, 0.2) is 48.5 Å². The summed E-state index contributed by atoms with van der Waals surface area (Å²) in [5.41, 5.74) is 4.18. The lowest BCUT2D eigenvalue weighted by Gasteiger charge is -2.34. The minimum absolute atomic E-state index is 0.618. The van der Waals surface area contributed by atoms with Crippen LogP contribution in [0.1, 0.15) is 36.8 Å². The minimum Gasteiger partial charge on any atom is -0.385 e. The van der Waals surface area contributed by atoms with E-state index < -0.39 is 5.60 Å². The van der Waals surface area contributed by atoms with E-state index in [-0.39, 0.29) is 0 Å². The second kappa shape index (κ2) is 6.09. The fourth-order valence-corrected chi connectivity index (χ4v) is 3.69. The summed E-state index contributed by atoms with van der Waals surface area (Å²) in [6, 6.07) is 17.0. The van der Waals surface area contributed by atoms with E-state index in [1.807, 2.05) is 0 Å². The van der Waals surface area contributed by atoms with Crippen LogP contribution in [0.5, 0.6) is 0 Å². The van der Waals surface area contributed by atoms with Crippen LogP contribution in [0.4, 0.5) is 0 Å². The van der Waals surface area contributed by atoms with Crippen molar-refractivity contribution in [1.82, 2.24) is 0 Å². The van der Waals surface area contributed by atoms with Crippen LogP contribution in [0.2, 0.25) is 0 Å². The summed E-state index contributed by atoms with van der Waals surface area (Å²) in [6.45, 7) is 2.10. The zero-order valence-electron chi connectivity index (χ0n) is 12.3. The number of aliphatic hydroxyl groups is 1. The molecule has 3 rings (SSSR count). The molecular formula is C19H21IO. The third-order valence-electron chi connectivity index (χ3n) is 4.55. The molecule has 2 aromatic carbocycles. The van der Waals surface area contributed by atoms with Gasteiger partial charge in [-0.2, -0.15) is 0 Å². The highest BCUT2D eigenvalue weighted by Crippen LogP contribution is 2.39. The molecule has 2 heteroatoms. The van der Waals surface area contributed by atoms with Gasteiger partial charge in [0.2, 0.25) is 0 Å². The summed E-state index contributed by atoms with van der Waals surface area (Å²) in [4.78, 5) is 0. The van der Waals surface area contributed by atoms with Crippen LogP contribution in [0.3, 0.4) is 0 Å². The molecule has 1 aliphatic carbocycles. The summed E-state index contributed by atoms with van der Waals surface area (Å²) in [5, 5.41) is 10.9. The van der Waals surface area contributed by atoms with Gasteiger partial charge in [0, 0.05) is 3.92 Å². The van der Waals surface area contributed by atoms with Crippen LogP contribution in [0, 0.1) is 6.92 Å². The number of hydrogen-bond donors (Lipinski definition) is 1. The molecule has 110 valence electrons. The Bertz CT molecular complexity index is 592. The van der Waals surface area contributed by atoms with Gasteiger partial charge in [0.05, 0.1) is 5.60 Å². The van der Waals surface area contributed by atoms with Crippen molar-refractivity contribution < 1.29 is 5.11 Å². The summed E-state index contributed by atoms with van der Waals surface area (Å²) in [6.07, 6.45) is 3.97. The third-order valence-corrected chi connectivity index (χ3v) is 5.80. The Morgan fingerprint density at radius 2 is 1.38 bits per heavy atom. The van der Waals surface area contributed by atoms with Crippen molar-refractivity contribution in [2.45, 2.75) is 42.1 Å². The zero-order valence-corrected chi connectivity index (χ0v) is 14.5. The highest BCUT2D eigenvalue weighted by atomic mass is 127. The van der Waals surface area contributed by atoms with E-state index in [4.69, 9.17) is 0 Å². The molecule has 1 N–H and O–H groups in total. The first-order valence-corrected chi connectivity index (χ1v) is 8.85. The predicted octanol–water partition coefficient (Wildman–Crippen LogP) is 5.23. The second-order valence-electron chi connectivity index (χ2n) is 6.15. The first kappa shape index (κ1) is 15.0. The summed E-state index contributed by atoms with van der Waals surface area (Å²) in [5.74, 6) is 0. The molecule has 0 amide bonds. The lowest BCUT2D eigenvalue weighted by atomic mass is 9.79. The zero-order chi connectivity index (χ0) is 14.9. The molecule has 21 heavy (non-hydrogen) atoms. The van der Waals surface area contributed by atoms with Crippen molar-refractivity contribution in [3.05, 3.63) is 59.7 Å². The van der Waals surface area contributed by atoms with Crippen molar-refractivity contribution >= 4 is 22.6 Å². The maximum atomic E-state index is 10.9. The van der Waals surface area contributed by atoms with Gasteiger partial charge >= 0.3 is 0 Å². The smallest absolute Gasteiger partial charge is 0.0897 e. The number of rotatable bonds is 2.